The standard InChI is InChI=1S/C13H13N3O6/c1-14(4-5-17)11(18)7-15-12(19)9-3-2-8(16(21)22)6-10(9)13(15)20/h2-3,6,17H,4-5,7H2,1H3. The van der Waals surface area contributed by atoms with Crippen LogP contribution in [0.5, 0.6) is 0 Å². The highest BCUT2D eigenvalue weighted by atomic mass is 16.6. The highest BCUT2D eigenvalue weighted by molar-refractivity contribution is 6.22. The number of likely N-dealkylation sites (N-methyl/N-ethyl adjacent to an activating group) is 1. The van der Waals surface area contributed by atoms with Crippen LogP contribution in [-0.2, 0) is 4.79 Å². The van der Waals surface area contributed by atoms with Gasteiger partial charge in [0.05, 0.1) is 22.7 Å². The Morgan fingerprint density at radius 2 is 1.95 bits per heavy atom. The molecule has 1 heterocycles. The summed E-state index contributed by atoms with van der Waals surface area (Å²) in [5.41, 5.74) is -0.351. The Kier molecular flexibility index (Phi) is 4.18. The molecule has 22 heavy (non-hydrogen) atoms. The summed E-state index contributed by atoms with van der Waals surface area (Å²) in [6.07, 6.45) is 0. The molecule has 1 N–H and O–H groups in total. The molecule has 0 bridgehead atoms. The van der Waals surface area contributed by atoms with E-state index in [0.29, 0.717) is 0 Å². The fourth-order valence-corrected chi connectivity index (χ4v) is 2.07. The van der Waals surface area contributed by atoms with Crippen LogP contribution in [0, 0.1) is 10.1 Å². The van der Waals surface area contributed by atoms with Gasteiger partial charge in [0.15, 0.2) is 0 Å². The van der Waals surface area contributed by atoms with E-state index in [1.54, 1.807) is 0 Å². The molecule has 0 radical (unpaired) electrons. The minimum atomic E-state index is -0.741. The second-order valence-corrected chi connectivity index (χ2v) is 4.72. The number of carbonyl (C=O) groups excluding carboxylic acids is 3. The largest absolute Gasteiger partial charge is 0.395 e. The van der Waals surface area contributed by atoms with Crippen molar-refractivity contribution in [1.82, 2.24) is 9.80 Å². The Bertz CT molecular complexity index is 672. The molecule has 9 nitrogen and oxygen atoms in total. The third-order valence-corrected chi connectivity index (χ3v) is 3.32. The number of fused-ring (bicyclic) bond motifs is 1. The zero-order chi connectivity index (χ0) is 16.4. The van der Waals surface area contributed by atoms with Crippen LogP contribution in [0.2, 0.25) is 0 Å². The Hall–Kier alpha value is -2.81. The average Bonchev–Trinajstić information content (AvgIpc) is 2.72. The number of amides is 3. The molecule has 0 atom stereocenters. The van der Waals surface area contributed by atoms with Gasteiger partial charge in [-0.25, -0.2) is 0 Å². The maximum atomic E-state index is 12.2. The summed E-state index contributed by atoms with van der Waals surface area (Å²) < 4.78 is 0. The van der Waals surface area contributed by atoms with Gasteiger partial charge in [-0.05, 0) is 6.07 Å². The van der Waals surface area contributed by atoms with Crippen LogP contribution in [0.25, 0.3) is 0 Å². The predicted octanol–water partition coefficient (Wildman–Crippen LogP) is -0.359. The Balaban J connectivity index is 2.24. The molecule has 9 heteroatoms. The smallest absolute Gasteiger partial charge is 0.270 e. The lowest BCUT2D eigenvalue weighted by molar-refractivity contribution is -0.384. The van der Waals surface area contributed by atoms with Crippen LogP contribution in [0.3, 0.4) is 0 Å². The van der Waals surface area contributed by atoms with Gasteiger partial charge in [0.2, 0.25) is 5.91 Å². The molecular formula is C13H13N3O6. The van der Waals surface area contributed by atoms with E-state index in [9.17, 15) is 24.5 Å². The molecule has 0 saturated heterocycles. The molecule has 0 unspecified atom stereocenters. The number of imide groups is 1. The van der Waals surface area contributed by atoms with E-state index in [-0.39, 0.29) is 30.0 Å². The summed E-state index contributed by atoms with van der Waals surface area (Å²) in [6, 6.07) is 3.36. The van der Waals surface area contributed by atoms with Gasteiger partial charge in [-0.3, -0.25) is 29.4 Å². The van der Waals surface area contributed by atoms with Crippen molar-refractivity contribution in [2.24, 2.45) is 0 Å². The first kappa shape index (κ1) is 15.6. The Labute approximate surface area is 124 Å². The number of nitro benzene ring substituents is 1. The highest BCUT2D eigenvalue weighted by Crippen LogP contribution is 2.26. The van der Waals surface area contributed by atoms with Crippen LogP contribution in [-0.4, -0.2) is 64.3 Å². The van der Waals surface area contributed by atoms with Crippen LogP contribution in [0.1, 0.15) is 20.7 Å². The van der Waals surface area contributed by atoms with Crippen molar-refractivity contribution >= 4 is 23.4 Å². The molecule has 0 saturated carbocycles. The van der Waals surface area contributed by atoms with Crippen LogP contribution < -0.4 is 0 Å². The van der Waals surface area contributed by atoms with Crippen LogP contribution >= 0.6 is 0 Å². The number of non-ortho nitro benzene ring substituents is 1. The van der Waals surface area contributed by atoms with Crippen molar-refractivity contribution < 1.29 is 24.4 Å². The molecule has 0 spiro atoms. The minimum Gasteiger partial charge on any atom is -0.395 e. The van der Waals surface area contributed by atoms with Crippen molar-refractivity contribution in [2.75, 3.05) is 26.7 Å². The van der Waals surface area contributed by atoms with Gasteiger partial charge in [0.25, 0.3) is 17.5 Å². The second kappa shape index (κ2) is 5.90. The van der Waals surface area contributed by atoms with E-state index in [0.717, 1.165) is 17.0 Å². The summed E-state index contributed by atoms with van der Waals surface area (Å²) in [5, 5.41) is 19.5. The average molecular weight is 307 g/mol. The monoisotopic (exact) mass is 307 g/mol. The summed E-state index contributed by atoms with van der Waals surface area (Å²) in [6.45, 7) is -0.638. The summed E-state index contributed by atoms with van der Waals surface area (Å²) in [7, 11) is 1.43. The number of benzene rings is 1. The van der Waals surface area contributed by atoms with E-state index in [2.05, 4.69) is 0 Å². The zero-order valence-corrected chi connectivity index (χ0v) is 11.7. The fraction of sp³-hybridized carbons (Fsp3) is 0.308. The topological polar surface area (TPSA) is 121 Å². The van der Waals surface area contributed by atoms with Gasteiger partial charge < -0.3 is 10.0 Å². The van der Waals surface area contributed by atoms with Crippen molar-refractivity contribution in [1.29, 1.82) is 0 Å². The second-order valence-electron chi connectivity index (χ2n) is 4.72. The summed E-state index contributed by atoms with van der Waals surface area (Å²) in [5.74, 6) is -1.92. The number of hydrogen-bond donors (Lipinski definition) is 1. The lowest BCUT2D eigenvalue weighted by atomic mass is 10.1. The first-order chi connectivity index (χ1) is 10.4. The van der Waals surface area contributed by atoms with Crippen molar-refractivity contribution in [2.45, 2.75) is 0 Å². The molecule has 2 rings (SSSR count). The molecule has 0 aliphatic carbocycles. The number of hydrogen-bond acceptors (Lipinski definition) is 6. The van der Waals surface area contributed by atoms with Crippen LogP contribution in [0.4, 0.5) is 5.69 Å². The van der Waals surface area contributed by atoms with Gasteiger partial charge in [0.1, 0.15) is 6.54 Å². The van der Waals surface area contributed by atoms with Gasteiger partial charge in [-0.2, -0.15) is 0 Å². The van der Waals surface area contributed by atoms with E-state index < -0.39 is 29.2 Å². The lowest BCUT2D eigenvalue weighted by Gasteiger charge is -2.19. The normalized spacial score (nSPS) is 13.3. The number of carbonyl (C=O) groups is 3. The highest BCUT2D eigenvalue weighted by Gasteiger charge is 2.38. The molecule has 1 aromatic carbocycles. The Morgan fingerprint density at radius 3 is 2.55 bits per heavy atom. The van der Waals surface area contributed by atoms with E-state index in [1.165, 1.54) is 18.0 Å². The first-order valence-corrected chi connectivity index (χ1v) is 6.36. The molecule has 116 valence electrons. The van der Waals surface area contributed by atoms with Gasteiger partial charge in [-0.1, -0.05) is 0 Å². The SMILES string of the molecule is CN(CCO)C(=O)CN1C(=O)c2ccc([N+](=O)[O-])cc2C1=O. The minimum absolute atomic E-state index is 0.0354. The number of nitrogens with zero attached hydrogens (tertiary/aromatic N) is 3. The zero-order valence-electron chi connectivity index (χ0n) is 11.7. The molecule has 0 aromatic heterocycles. The Morgan fingerprint density at radius 1 is 1.32 bits per heavy atom. The number of rotatable bonds is 5. The number of aliphatic hydroxyl groups is 1. The van der Waals surface area contributed by atoms with Crippen molar-refractivity contribution in [3.05, 3.63) is 39.4 Å². The van der Waals surface area contributed by atoms with Crippen LogP contribution in [0.15, 0.2) is 18.2 Å². The lowest BCUT2D eigenvalue weighted by Crippen LogP contribution is -2.42. The fourth-order valence-electron chi connectivity index (χ4n) is 2.07. The maximum absolute atomic E-state index is 12.2. The first-order valence-electron chi connectivity index (χ1n) is 6.36. The summed E-state index contributed by atoms with van der Waals surface area (Å²) in [4.78, 5) is 48.1. The molecule has 1 aliphatic rings. The molecule has 0 fully saturated rings. The van der Waals surface area contributed by atoms with Crippen molar-refractivity contribution in [3.8, 4) is 0 Å². The third-order valence-electron chi connectivity index (χ3n) is 3.32. The summed E-state index contributed by atoms with van der Waals surface area (Å²) >= 11 is 0. The quantitative estimate of drug-likeness (QED) is 0.450. The number of aliphatic hydroxyl groups excluding tert-OH is 1. The third kappa shape index (κ3) is 2.66. The van der Waals surface area contributed by atoms with Gasteiger partial charge in [-0.15, -0.1) is 0 Å². The molecule has 1 aliphatic heterocycles. The van der Waals surface area contributed by atoms with E-state index in [4.69, 9.17) is 5.11 Å². The van der Waals surface area contributed by atoms with Gasteiger partial charge in [0, 0.05) is 25.7 Å². The molecular weight excluding hydrogens is 294 g/mol. The van der Waals surface area contributed by atoms with E-state index >= 15 is 0 Å². The number of nitro groups is 1. The molecule has 1 aromatic rings. The predicted molar refractivity (Wildman–Crippen MR) is 73.2 cm³/mol. The van der Waals surface area contributed by atoms with Crippen molar-refractivity contribution in [3.63, 3.8) is 0 Å². The maximum Gasteiger partial charge on any atom is 0.270 e. The molecule has 3 amide bonds. The van der Waals surface area contributed by atoms with Gasteiger partial charge >= 0.3 is 0 Å². The van der Waals surface area contributed by atoms with E-state index in [1.807, 2.05) is 0 Å².